The second-order valence-corrected chi connectivity index (χ2v) is 15.9. The molecule has 2 fully saturated rings. The van der Waals surface area contributed by atoms with Crippen molar-refractivity contribution >= 4 is 32.9 Å². The highest BCUT2D eigenvalue weighted by atomic mass is 32.2. The molecular formula is C40H63N3O5S. The van der Waals surface area contributed by atoms with Crippen LogP contribution in [0.15, 0.2) is 35.2 Å². The number of nitrogens with one attached hydrogen (secondary N) is 1. The number of Topliss-reactive ketones (excluding diaryl/α,β-unsaturated/α-hetero) is 1. The van der Waals surface area contributed by atoms with E-state index >= 15 is 0 Å². The molecular weight excluding hydrogens is 635 g/mol. The van der Waals surface area contributed by atoms with Crippen molar-refractivity contribution in [3.63, 3.8) is 0 Å². The predicted molar refractivity (Wildman–Crippen MR) is 203 cm³/mol. The van der Waals surface area contributed by atoms with Crippen LogP contribution < -0.4 is 20.1 Å². The molecule has 1 aliphatic heterocycles. The molecule has 3 N–H and O–H groups in total. The Balaban J connectivity index is 1.38. The maximum atomic E-state index is 14.0. The van der Waals surface area contributed by atoms with Gasteiger partial charge in [-0.05, 0) is 68.0 Å². The van der Waals surface area contributed by atoms with Crippen LogP contribution in [0.25, 0.3) is 0 Å². The van der Waals surface area contributed by atoms with E-state index in [9.17, 15) is 13.2 Å². The first-order valence-corrected chi connectivity index (χ1v) is 20.8. The number of nitrogen functional groups attached to an aromatic ring is 1. The van der Waals surface area contributed by atoms with Crippen LogP contribution in [0.3, 0.4) is 0 Å². The number of sulfonamides is 1. The van der Waals surface area contributed by atoms with Gasteiger partial charge < -0.3 is 20.1 Å². The van der Waals surface area contributed by atoms with Crippen molar-refractivity contribution in [2.24, 2.45) is 0 Å². The standard InChI is InChI=1S/C40H63N3O5S/c1-3-4-5-6-7-8-9-10-11-12-13-14-15-19-26-48-39-31-35(32(2)44)37(30-36(39)33-20-17-16-18-21-33)42-49(45,46)40-29-34(41)22-23-38(40)43-24-27-47-28-25-43/h22-23,29-31,33,42H,3-21,24-28,41H2,1-2H3. The third-order valence-corrected chi connectivity index (χ3v) is 11.6. The van der Waals surface area contributed by atoms with Crippen LogP contribution in [0.1, 0.15) is 158 Å². The molecule has 0 spiro atoms. The van der Waals surface area contributed by atoms with Crippen LogP contribution >= 0.6 is 0 Å². The average molecular weight is 698 g/mol. The van der Waals surface area contributed by atoms with Gasteiger partial charge in [-0.1, -0.05) is 110 Å². The number of rotatable bonds is 22. The molecule has 4 rings (SSSR count). The van der Waals surface area contributed by atoms with E-state index in [0.717, 1.165) is 44.1 Å². The highest BCUT2D eigenvalue weighted by molar-refractivity contribution is 7.93. The Morgan fingerprint density at radius 1 is 0.857 bits per heavy atom. The van der Waals surface area contributed by atoms with Gasteiger partial charge in [-0.2, -0.15) is 0 Å². The minimum absolute atomic E-state index is 0.0984. The van der Waals surface area contributed by atoms with Crippen LogP contribution in [-0.2, 0) is 14.8 Å². The molecule has 0 bridgehead atoms. The zero-order chi connectivity index (χ0) is 34.9. The van der Waals surface area contributed by atoms with E-state index in [-0.39, 0.29) is 16.6 Å². The van der Waals surface area contributed by atoms with Gasteiger partial charge in [0.25, 0.3) is 10.0 Å². The zero-order valence-electron chi connectivity index (χ0n) is 30.4. The van der Waals surface area contributed by atoms with Gasteiger partial charge in [0.15, 0.2) is 5.78 Å². The highest BCUT2D eigenvalue weighted by Crippen LogP contribution is 2.41. The molecule has 0 unspecified atom stereocenters. The van der Waals surface area contributed by atoms with Crippen molar-refractivity contribution in [1.29, 1.82) is 0 Å². The summed E-state index contributed by atoms with van der Waals surface area (Å²) in [5.74, 6) is 0.767. The number of nitrogens with two attached hydrogens (primary N) is 1. The minimum atomic E-state index is -4.08. The summed E-state index contributed by atoms with van der Waals surface area (Å²) >= 11 is 0. The van der Waals surface area contributed by atoms with E-state index in [2.05, 4.69) is 11.6 Å². The quantitative estimate of drug-likeness (QED) is 0.0716. The number of ether oxygens (including phenoxy) is 2. The van der Waals surface area contributed by atoms with Gasteiger partial charge in [0.2, 0.25) is 0 Å². The number of ketones is 1. The first-order valence-electron chi connectivity index (χ1n) is 19.4. The van der Waals surface area contributed by atoms with E-state index in [1.54, 1.807) is 18.2 Å². The van der Waals surface area contributed by atoms with Crippen molar-refractivity contribution < 1.29 is 22.7 Å². The maximum absolute atomic E-state index is 14.0. The van der Waals surface area contributed by atoms with Crippen molar-refractivity contribution in [2.75, 3.05) is 48.3 Å². The third-order valence-electron chi connectivity index (χ3n) is 10.2. The molecule has 2 aromatic carbocycles. The van der Waals surface area contributed by atoms with Crippen LogP contribution in [0, 0.1) is 0 Å². The molecule has 0 radical (unpaired) electrons. The first-order chi connectivity index (χ1) is 23.8. The molecule has 9 heteroatoms. The second kappa shape index (κ2) is 20.8. The highest BCUT2D eigenvalue weighted by Gasteiger charge is 2.28. The Morgan fingerprint density at radius 2 is 1.45 bits per heavy atom. The number of benzene rings is 2. The van der Waals surface area contributed by atoms with Crippen LogP contribution in [0.2, 0.25) is 0 Å². The lowest BCUT2D eigenvalue weighted by Crippen LogP contribution is -2.37. The molecule has 1 aliphatic carbocycles. The number of hydrogen-bond donors (Lipinski definition) is 2. The number of anilines is 3. The zero-order valence-corrected chi connectivity index (χ0v) is 31.2. The molecule has 2 aliphatic rings. The summed E-state index contributed by atoms with van der Waals surface area (Å²) in [5, 5.41) is 0. The first kappa shape index (κ1) is 39.0. The van der Waals surface area contributed by atoms with Crippen molar-refractivity contribution in [3.8, 4) is 5.75 Å². The Bertz CT molecular complexity index is 1400. The molecule has 0 atom stereocenters. The molecule has 49 heavy (non-hydrogen) atoms. The fourth-order valence-electron chi connectivity index (χ4n) is 7.32. The molecule has 2 aromatic rings. The van der Waals surface area contributed by atoms with E-state index in [4.69, 9.17) is 15.2 Å². The summed E-state index contributed by atoms with van der Waals surface area (Å²) in [6.07, 6.45) is 23.8. The van der Waals surface area contributed by atoms with Crippen LogP contribution in [-0.4, -0.2) is 47.1 Å². The summed E-state index contributed by atoms with van der Waals surface area (Å²) < 4.78 is 42.8. The molecule has 1 saturated carbocycles. The second-order valence-electron chi connectivity index (χ2n) is 14.2. The van der Waals surface area contributed by atoms with E-state index in [1.807, 2.05) is 11.0 Å². The molecule has 0 amide bonds. The number of morpholine rings is 1. The molecule has 1 saturated heterocycles. The molecule has 8 nitrogen and oxygen atoms in total. The minimum Gasteiger partial charge on any atom is -0.493 e. The van der Waals surface area contributed by atoms with Crippen LogP contribution in [0.4, 0.5) is 17.1 Å². The Kier molecular flexibility index (Phi) is 16.6. The van der Waals surface area contributed by atoms with Gasteiger partial charge in [0, 0.05) is 24.3 Å². The number of hydrogen-bond acceptors (Lipinski definition) is 7. The summed E-state index contributed by atoms with van der Waals surface area (Å²) in [4.78, 5) is 15.1. The summed E-state index contributed by atoms with van der Waals surface area (Å²) in [6, 6.07) is 8.61. The summed E-state index contributed by atoms with van der Waals surface area (Å²) in [5.41, 5.74) is 8.64. The maximum Gasteiger partial charge on any atom is 0.264 e. The van der Waals surface area contributed by atoms with Crippen molar-refractivity contribution in [1.82, 2.24) is 0 Å². The molecule has 0 aromatic heterocycles. The third kappa shape index (κ3) is 12.5. The predicted octanol–water partition coefficient (Wildman–Crippen LogP) is 10.0. The lowest BCUT2D eigenvalue weighted by atomic mass is 9.83. The average Bonchev–Trinajstić information content (AvgIpc) is 3.10. The van der Waals surface area contributed by atoms with Gasteiger partial charge in [-0.3, -0.25) is 9.52 Å². The smallest absolute Gasteiger partial charge is 0.264 e. The largest absolute Gasteiger partial charge is 0.493 e. The number of nitrogens with zero attached hydrogens (tertiary/aromatic N) is 1. The van der Waals surface area contributed by atoms with Crippen LogP contribution in [0.5, 0.6) is 5.75 Å². The number of carbonyl (C=O) groups excluding carboxylic acids is 1. The summed E-state index contributed by atoms with van der Waals surface area (Å²) in [7, 11) is -4.08. The normalized spacial score (nSPS) is 15.8. The fraction of sp³-hybridized carbons (Fsp3) is 0.675. The fourth-order valence-corrected chi connectivity index (χ4v) is 8.65. The summed E-state index contributed by atoms with van der Waals surface area (Å²) in [6.45, 7) is 6.56. The topological polar surface area (TPSA) is 111 Å². The van der Waals surface area contributed by atoms with E-state index < -0.39 is 10.0 Å². The van der Waals surface area contributed by atoms with Gasteiger partial charge in [-0.25, -0.2) is 8.42 Å². The lowest BCUT2D eigenvalue weighted by molar-refractivity contribution is 0.101. The monoisotopic (exact) mass is 697 g/mol. The number of carbonyl (C=O) groups is 1. The van der Waals surface area contributed by atoms with Crippen molar-refractivity contribution in [3.05, 3.63) is 41.5 Å². The number of unbranched alkanes of at least 4 members (excludes halogenated alkanes) is 13. The molecule has 1 heterocycles. The SMILES string of the molecule is CCCCCCCCCCCCCCCCOc1cc(C(C)=O)c(NS(=O)(=O)c2cc(N)ccc2N2CCOCC2)cc1C1CCCCC1. The Morgan fingerprint density at radius 3 is 2.04 bits per heavy atom. The lowest BCUT2D eigenvalue weighted by Gasteiger charge is -2.30. The van der Waals surface area contributed by atoms with Gasteiger partial charge in [0.1, 0.15) is 10.6 Å². The van der Waals surface area contributed by atoms with Gasteiger partial charge >= 0.3 is 0 Å². The Labute approximate surface area is 296 Å². The van der Waals surface area contributed by atoms with Gasteiger partial charge in [-0.15, -0.1) is 0 Å². The van der Waals surface area contributed by atoms with E-state index in [1.165, 1.54) is 96.5 Å². The molecule has 274 valence electrons. The van der Waals surface area contributed by atoms with Crippen molar-refractivity contribution in [2.45, 2.75) is 147 Å². The van der Waals surface area contributed by atoms with E-state index in [0.29, 0.717) is 61.3 Å². The van der Waals surface area contributed by atoms with Gasteiger partial charge in [0.05, 0.1) is 31.2 Å². The Hall–Kier alpha value is -2.78.